The van der Waals surface area contributed by atoms with Crippen LogP contribution in [0.1, 0.15) is 19.5 Å². The fourth-order valence-electron chi connectivity index (χ4n) is 3.73. The van der Waals surface area contributed by atoms with Gasteiger partial charge in [0.1, 0.15) is 0 Å². The molecule has 7 heteroatoms. The summed E-state index contributed by atoms with van der Waals surface area (Å²) in [5, 5.41) is 14.0. The number of aromatic nitrogens is 3. The SMILES string of the molecule is CCN(CC)c1cccc(NC(=O)Nc2ccc(-c3ccnc4n[nH]c(C)c34)cc2)c1. The number of aryl methyl sites for hydroxylation is 1. The zero-order chi connectivity index (χ0) is 21.8. The van der Waals surface area contributed by atoms with Crippen molar-refractivity contribution in [2.45, 2.75) is 20.8 Å². The third-order valence-electron chi connectivity index (χ3n) is 5.32. The van der Waals surface area contributed by atoms with Crippen LogP contribution in [0, 0.1) is 6.92 Å². The molecule has 2 aromatic heterocycles. The maximum atomic E-state index is 12.5. The number of aromatic amines is 1. The van der Waals surface area contributed by atoms with Gasteiger partial charge >= 0.3 is 6.03 Å². The first-order valence-corrected chi connectivity index (χ1v) is 10.4. The lowest BCUT2D eigenvalue weighted by Gasteiger charge is -2.21. The Hall–Kier alpha value is -3.87. The highest BCUT2D eigenvalue weighted by molar-refractivity contribution is 6.00. The lowest BCUT2D eigenvalue weighted by atomic mass is 10.0. The second kappa shape index (κ2) is 8.87. The molecule has 0 radical (unpaired) electrons. The van der Waals surface area contributed by atoms with Crippen LogP contribution in [0.5, 0.6) is 0 Å². The molecule has 2 amide bonds. The minimum Gasteiger partial charge on any atom is -0.372 e. The third-order valence-corrected chi connectivity index (χ3v) is 5.32. The standard InChI is InChI=1S/C24H26N6O/c1-4-30(5-2)20-8-6-7-19(15-20)27-24(31)26-18-11-9-17(10-12-18)21-13-14-25-23-22(21)16(3)28-29-23/h6-15H,4-5H2,1-3H3,(H,25,28,29)(H2,26,27,31). The summed E-state index contributed by atoms with van der Waals surface area (Å²) in [6, 6.07) is 17.3. The number of anilines is 3. The molecule has 7 nitrogen and oxygen atoms in total. The molecule has 2 aromatic carbocycles. The monoisotopic (exact) mass is 414 g/mol. The lowest BCUT2D eigenvalue weighted by Crippen LogP contribution is -2.22. The summed E-state index contributed by atoms with van der Waals surface area (Å²) >= 11 is 0. The Morgan fingerprint density at radius 3 is 2.48 bits per heavy atom. The molecule has 4 aromatic rings. The zero-order valence-corrected chi connectivity index (χ0v) is 17.9. The number of hydrogen-bond acceptors (Lipinski definition) is 4. The van der Waals surface area contributed by atoms with Crippen LogP contribution >= 0.6 is 0 Å². The number of pyridine rings is 1. The van der Waals surface area contributed by atoms with Gasteiger partial charge in [-0.15, -0.1) is 0 Å². The van der Waals surface area contributed by atoms with Crippen LogP contribution in [0.4, 0.5) is 21.9 Å². The van der Waals surface area contributed by atoms with Gasteiger partial charge in [0, 0.05) is 47.4 Å². The van der Waals surface area contributed by atoms with Crippen molar-refractivity contribution in [3.05, 3.63) is 66.5 Å². The van der Waals surface area contributed by atoms with Crippen LogP contribution in [0.25, 0.3) is 22.2 Å². The molecule has 0 saturated heterocycles. The molecule has 0 aliphatic heterocycles. The van der Waals surface area contributed by atoms with Crippen LogP contribution in [0.2, 0.25) is 0 Å². The second-order valence-corrected chi connectivity index (χ2v) is 7.28. The van der Waals surface area contributed by atoms with Crippen LogP contribution in [-0.2, 0) is 0 Å². The molecular formula is C24H26N6O. The van der Waals surface area contributed by atoms with Gasteiger partial charge < -0.3 is 15.5 Å². The summed E-state index contributed by atoms with van der Waals surface area (Å²) in [6.45, 7) is 8.05. The number of benzene rings is 2. The first-order chi connectivity index (χ1) is 15.1. The minimum atomic E-state index is -0.276. The van der Waals surface area contributed by atoms with Crippen molar-refractivity contribution in [1.82, 2.24) is 15.2 Å². The molecule has 0 unspecified atom stereocenters. The van der Waals surface area contributed by atoms with Crippen molar-refractivity contribution in [1.29, 1.82) is 0 Å². The van der Waals surface area contributed by atoms with Gasteiger partial charge in [-0.2, -0.15) is 5.10 Å². The lowest BCUT2D eigenvalue weighted by molar-refractivity contribution is 0.262. The number of urea groups is 1. The first kappa shape index (κ1) is 20.4. The molecule has 0 aliphatic rings. The minimum absolute atomic E-state index is 0.276. The molecule has 3 N–H and O–H groups in total. The number of nitrogens with one attached hydrogen (secondary N) is 3. The van der Waals surface area contributed by atoms with Crippen LogP contribution in [-0.4, -0.2) is 34.3 Å². The molecule has 0 bridgehead atoms. The summed E-state index contributed by atoms with van der Waals surface area (Å²) in [5.41, 5.74) is 6.33. The Bertz CT molecular complexity index is 1190. The van der Waals surface area contributed by atoms with Gasteiger partial charge in [0.15, 0.2) is 5.65 Å². The highest BCUT2D eigenvalue weighted by atomic mass is 16.2. The van der Waals surface area contributed by atoms with Gasteiger partial charge in [-0.3, -0.25) is 5.10 Å². The molecule has 0 saturated carbocycles. The van der Waals surface area contributed by atoms with E-state index in [9.17, 15) is 4.79 Å². The molecule has 0 fully saturated rings. The quantitative estimate of drug-likeness (QED) is 0.393. The molecule has 0 aliphatic carbocycles. The van der Waals surface area contributed by atoms with Crippen molar-refractivity contribution >= 4 is 34.1 Å². The number of carbonyl (C=O) groups excluding carboxylic acids is 1. The molecule has 2 heterocycles. The third kappa shape index (κ3) is 4.35. The number of nitrogens with zero attached hydrogens (tertiary/aromatic N) is 3. The van der Waals surface area contributed by atoms with E-state index >= 15 is 0 Å². The molecule has 0 atom stereocenters. The van der Waals surface area contributed by atoms with Crippen molar-refractivity contribution in [2.24, 2.45) is 0 Å². The zero-order valence-electron chi connectivity index (χ0n) is 17.9. The molecule has 31 heavy (non-hydrogen) atoms. The van der Waals surface area contributed by atoms with E-state index in [1.54, 1.807) is 6.20 Å². The Labute approximate surface area is 181 Å². The van der Waals surface area contributed by atoms with E-state index in [-0.39, 0.29) is 6.03 Å². The maximum Gasteiger partial charge on any atom is 0.323 e. The summed E-state index contributed by atoms with van der Waals surface area (Å²) < 4.78 is 0. The predicted octanol–water partition coefficient (Wildman–Crippen LogP) is 5.42. The second-order valence-electron chi connectivity index (χ2n) is 7.28. The van der Waals surface area contributed by atoms with Crippen LogP contribution < -0.4 is 15.5 Å². The fourth-order valence-corrected chi connectivity index (χ4v) is 3.73. The first-order valence-electron chi connectivity index (χ1n) is 10.4. The Kier molecular flexibility index (Phi) is 5.84. The number of carbonyl (C=O) groups is 1. The topological polar surface area (TPSA) is 85.9 Å². The number of H-pyrrole nitrogens is 1. The van der Waals surface area contributed by atoms with Gasteiger partial charge in [0.25, 0.3) is 0 Å². The van der Waals surface area contributed by atoms with Crippen LogP contribution in [0.3, 0.4) is 0 Å². The molecule has 0 spiro atoms. The predicted molar refractivity (Wildman–Crippen MR) is 127 cm³/mol. The smallest absolute Gasteiger partial charge is 0.323 e. The van der Waals surface area contributed by atoms with Crippen molar-refractivity contribution < 1.29 is 4.79 Å². The number of fused-ring (bicyclic) bond motifs is 1. The number of rotatable bonds is 6. The Morgan fingerprint density at radius 1 is 1.00 bits per heavy atom. The molecular weight excluding hydrogens is 388 g/mol. The van der Waals surface area contributed by atoms with Gasteiger partial charge in [0.2, 0.25) is 0 Å². The summed E-state index contributed by atoms with van der Waals surface area (Å²) in [7, 11) is 0. The number of hydrogen-bond donors (Lipinski definition) is 3. The average molecular weight is 415 g/mol. The summed E-state index contributed by atoms with van der Waals surface area (Å²) in [6.07, 6.45) is 1.75. The summed E-state index contributed by atoms with van der Waals surface area (Å²) in [4.78, 5) is 19.0. The van der Waals surface area contributed by atoms with Crippen molar-refractivity contribution in [3.8, 4) is 11.1 Å². The van der Waals surface area contributed by atoms with E-state index in [0.717, 1.165) is 52.4 Å². The number of amides is 2. The van der Waals surface area contributed by atoms with Crippen LogP contribution in [0.15, 0.2) is 60.8 Å². The van der Waals surface area contributed by atoms with Crippen molar-refractivity contribution in [2.75, 3.05) is 28.6 Å². The van der Waals surface area contributed by atoms with Gasteiger partial charge in [-0.25, -0.2) is 9.78 Å². The normalized spacial score (nSPS) is 10.8. The molecule has 158 valence electrons. The highest BCUT2D eigenvalue weighted by Crippen LogP contribution is 2.29. The van der Waals surface area contributed by atoms with E-state index in [0.29, 0.717) is 5.65 Å². The maximum absolute atomic E-state index is 12.5. The fraction of sp³-hybridized carbons (Fsp3) is 0.208. The Morgan fingerprint density at radius 2 is 1.74 bits per heavy atom. The van der Waals surface area contributed by atoms with Gasteiger partial charge in [-0.1, -0.05) is 18.2 Å². The van der Waals surface area contributed by atoms with E-state index in [2.05, 4.69) is 44.6 Å². The van der Waals surface area contributed by atoms with Gasteiger partial charge in [-0.05, 0) is 68.3 Å². The average Bonchev–Trinajstić information content (AvgIpc) is 3.16. The van der Waals surface area contributed by atoms with E-state index in [4.69, 9.17) is 0 Å². The van der Waals surface area contributed by atoms with E-state index in [1.807, 2.05) is 61.5 Å². The largest absolute Gasteiger partial charge is 0.372 e. The molecule has 4 rings (SSSR count). The highest BCUT2D eigenvalue weighted by Gasteiger charge is 2.11. The van der Waals surface area contributed by atoms with E-state index < -0.39 is 0 Å². The van der Waals surface area contributed by atoms with Gasteiger partial charge in [0.05, 0.1) is 0 Å². The van der Waals surface area contributed by atoms with Crippen molar-refractivity contribution in [3.63, 3.8) is 0 Å². The Balaban J connectivity index is 1.46. The van der Waals surface area contributed by atoms with E-state index in [1.165, 1.54) is 0 Å². The summed E-state index contributed by atoms with van der Waals surface area (Å²) in [5.74, 6) is 0.